The highest BCUT2D eigenvalue weighted by Crippen LogP contribution is 2.24. The van der Waals surface area contributed by atoms with Crippen molar-refractivity contribution in [1.82, 2.24) is 10.3 Å². The van der Waals surface area contributed by atoms with Gasteiger partial charge in [0.1, 0.15) is 0 Å². The first-order valence-electron chi connectivity index (χ1n) is 5.98. The molecule has 1 atom stereocenters. The second-order valence-corrected chi connectivity index (χ2v) is 6.57. The van der Waals surface area contributed by atoms with E-state index in [2.05, 4.69) is 65.2 Å². The van der Waals surface area contributed by atoms with Crippen LogP contribution in [0, 0.1) is 13.8 Å². The van der Waals surface area contributed by atoms with Crippen LogP contribution in [0.4, 0.5) is 0 Å². The van der Waals surface area contributed by atoms with Crippen LogP contribution in [0.1, 0.15) is 34.1 Å². The lowest BCUT2D eigenvalue weighted by Crippen LogP contribution is -2.17. The highest BCUT2D eigenvalue weighted by molar-refractivity contribution is 9.10. The lowest BCUT2D eigenvalue weighted by atomic mass is 10.2. The standard InChI is InChI=1S/C14H17BrN2S/c1-9(14-10(2)17-11(3)18-14)16-8-12-5-4-6-13(15)7-12/h4-7,9,16H,8H2,1-3H3. The summed E-state index contributed by atoms with van der Waals surface area (Å²) >= 11 is 5.27. The van der Waals surface area contributed by atoms with Crippen molar-refractivity contribution in [2.24, 2.45) is 0 Å². The third kappa shape index (κ3) is 3.40. The Balaban J connectivity index is 2.00. The number of hydrogen-bond acceptors (Lipinski definition) is 3. The number of thiazole rings is 1. The van der Waals surface area contributed by atoms with Crippen molar-refractivity contribution in [3.8, 4) is 0 Å². The smallest absolute Gasteiger partial charge is 0.0900 e. The van der Waals surface area contributed by atoms with E-state index in [0.29, 0.717) is 6.04 Å². The van der Waals surface area contributed by atoms with Crippen LogP contribution in [0.15, 0.2) is 28.7 Å². The van der Waals surface area contributed by atoms with Gasteiger partial charge in [-0.2, -0.15) is 0 Å². The SMILES string of the molecule is Cc1nc(C)c(C(C)NCc2cccc(Br)c2)s1. The Labute approximate surface area is 121 Å². The maximum Gasteiger partial charge on any atom is 0.0900 e. The van der Waals surface area contributed by atoms with Crippen molar-refractivity contribution >= 4 is 27.3 Å². The Morgan fingerprint density at radius 2 is 2.17 bits per heavy atom. The number of hydrogen-bond donors (Lipinski definition) is 1. The molecule has 0 aliphatic heterocycles. The third-order valence-electron chi connectivity index (χ3n) is 2.83. The molecule has 4 heteroatoms. The molecular weight excluding hydrogens is 308 g/mol. The van der Waals surface area contributed by atoms with E-state index < -0.39 is 0 Å². The zero-order chi connectivity index (χ0) is 13.1. The first-order chi connectivity index (χ1) is 8.56. The predicted molar refractivity (Wildman–Crippen MR) is 81.0 cm³/mol. The van der Waals surface area contributed by atoms with E-state index in [1.807, 2.05) is 6.07 Å². The van der Waals surface area contributed by atoms with Crippen LogP contribution in [0.2, 0.25) is 0 Å². The van der Waals surface area contributed by atoms with E-state index in [1.165, 1.54) is 10.4 Å². The van der Waals surface area contributed by atoms with Gasteiger partial charge in [-0.05, 0) is 38.5 Å². The van der Waals surface area contributed by atoms with Crippen molar-refractivity contribution in [3.05, 3.63) is 49.9 Å². The molecule has 2 aromatic rings. The van der Waals surface area contributed by atoms with Crippen molar-refractivity contribution < 1.29 is 0 Å². The van der Waals surface area contributed by atoms with Crippen molar-refractivity contribution in [2.75, 3.05) is 0 Å². The Kier molecular flexibility index (Phi) is 4.54. The summed E-state index contributed by atoms with van der Waals surface area (Å²) in [6.07, 6.45) is 0. The molecule has 0 saturated heterocycles. The summed E-state index contributed by atoms with van der Waals surface area (Å²) in [6, 6.07) is 8.73. The second kappa shape index (κ2) is 5.95. The zero-order valence-electron chi connectivity index (χ0n) is 10.8. The topological polar surface area (TPSA) is 24.9 Å². The summed E-state index contributed by atoms with van der Waals surface area (Å²) in [5.41, 5.74) is 2.43. The average molecular weight is 325 g/mol. The number of nitrogens with zero attached hydrogens (tertiary/aromatic N) is 1. The van der Waals surface area contributed by atoms with Crippen LogP contribution in [0.25, 0.3) is 0 Å². The summed E-state index contributed by atoms with van der Waals surface area (Å²) in [7, 11) is 0. The second-order valence-electron chi connectivity index (χ2n) is 4.42. The van der Waals surface area contributed by atoms with Crippen molar-refractivity contribution in [1.29, 1.82) is 0 Å². The molecule has 0 amide bonds. The van der Waals surface area contributed by atoms with Gasteiger partial charge in [0.15, 0.2) is 0 Å². The predicted octanol–water partition coefficient (Wildman–Crippen LogP) is 4.37. The minimum absolute atomic E-state index is 0.343. The maximum atomic E-state index is 4.47. The summed E-state index contributed by atoms with van der Waals surface area (Å²) in [4.78, 5) is 5.81. The monoisotopic (exact) mass is 324 g/mol. The van der Waals surface area contributed by atoms with Gasteiger partial charge >= 0.3 is 0 Å². The van der Waals surface area contributed by atoms with E-state index in [0.717, 1.165) is 21.7 Å². The van der Waals surface area contributed by atoms with Gasteiger partial charge < -0.3 is 5.32 Å². The number of nitrogens with one attached hydrogen (secondary N) is 1. The molecule has 1 unspecified atom stereocenters. The van der Waals surface area contributed by atoms with Crippen LogP contribution in [0.3, 0.4) is 0 Å². The van der Waals surface area contributed by atoms with Gasteiger partial charge in [-0.15, -0.1) is 11.3 Å². The molecule has 0 aliphatic carbocycles. The van der Waals surface area contributed by atoms with Gasteiger partial charge in [-0.3, -0.25) is 0 Å². The van der Waals surface area contributed by atoms with E-state index in [1.54, 1.807) is 11.3 Å². The Bertz CT molecular complexity index is 536. The number of rotatable bonds is 4. The minimum Gasteiger partial charge on any atom is -0.305 e. The third-order valence-corrected chi connectivity index (χ3v) is 4.58. The van der Waals surface area contributed by atoms with Gasteiger partial charge in [0.05, 0.1) is 10.7 Å². The highest BCUT2D eigenvalue weighted by atomic mass is 79.9. The molecule has 0 radical (unpaired) electrons. The normalized spacial score (nSPS) is 12.7. The van der Waals surface area contributed by atoms with Gasteiger partial charge in [0.2, 0.25) is 0 Å². The molecule has 1 N–H and O–H groups in total. The molecule has 2 rings (SSSR count). The highest BCUT2D eigenvalue weighted by Gasteiger charge is 2.12. The molecule has 0 bridgehead atoms. The summed E-state index contributed by atoms with van der Waals surface area (Å²) in [5, 5.41) is 4.68. The molecule has 18 heavy (non-hydrogen) atoms. The molecule has 1 aromatic carbocycles. The molecular formula is C14H17BrN2S. The van der Waals surface area contributed by atoms with Gasteiger partial charge in [0.25, 0.3) is 0 Å². The van der Waals surface area contributed by atoms with E-state index in [-0.39, 0.29) is 0 Å². The molecule has 0 saturated carbocycles. The van der Waals surface area contributed by atoms with Crippen molar-refractivity contribution in [2.45, 2.75) is 33.4 Å². The lowest BCUT2D eigenvalue weighted by Gasteiger charge is -2.13. The van der Waals surface area contributed by atoms with E-state index in [9.17, 15) is 0 Å². The lowest BCUT2D eigenvalue weighted by molar-refractivity contribution is 0.579. The molecule has 2 nitrogen and oxygen atoms in total. The van der Waals surface area contributed by atoms with E-state index in [4.69, 9.17) is 0 Å². The molecule has 0 aliphatic rings. The Hall–Kier alpha value is -0.710. The Morgan fingerprint density at radius 1 is 1.39 bits per heavy atom. The van der Waals surface area contributed by atoms with Crippen LogP contribution in [-0.4, -0.2) is 4.98 Å². The first-order valence-corrected chi connectivity index (χ1v) is 7.59. The molecule has 1 aromatic heterocycles. The fraction of sp³-hybridized carbons (Fsp3) is 0.357. The fourth-order valence-electron chi connectivity index (χ4n) is 1.96. The van der Waals surface area contributed by atoms with Crippen LogP contribution in [-0.2, 0) is 6.54 Å². The largest absolute Gasteiger partial charge is 0.305 e. The van der Waals surface area contributed by atoms with E-state index >= 15 is 0 Å². The number of benzene rings is 1. The summed E-state index contributed by atoms with van der Waals surface area (Å²) in [6.45, 7) is 7.20. The number of aryl methyl sites for hydroxylation is 2. The maximum absolute atomic E-state index is 4.47. The minimum atomic E-state index is 0.343. The van der Waals surface area contributed by atoms with Gasteiger partial charge in [-0.25, -0.2) is 4.98 Å². The van der Waals surface area contributed by atoms with Crippen LogP contribution >= 0.6 is 27.3 Å². The van der Waals surface area contributed by atoms with Crippen molar-refractivity contribution in [3.63, 3.8) is 0 Å². The van der Waals surface area contributed by atoms with Crippen LogP contribution in [0.5, 0.6) is 0 Å². The fourth-order valence-corrected chi connectivity index (χ4v) is 3.36. The molecule has 0 spiro atoms. The number of halogens is 1. The average Bonchev–Trinajstić information content (AvgIpc) is 2.66. The molecule has 1 heterocycles. The zero-order valence-corrected chi connectivity index (χ0v) is 13.2. The quantitative estimate of drug-likeness (QED) is 0.903. The van der Waals surface area contributed by atoms with Crippen LogP contribution < -0.4 is 5.32 Å². The molecule has 0 fully saturated rings. The number of aromatic nitrogens is 1. The summed E-state index contributed by atoms with van der Waals surface area (Å²) in [5.74, 6) is 0. The molecule has 96 valence electrons. The Morgan fingerprint density at radius 3 is 2.78 bits per heavy atom. The summed E-state index contributed by atoms with van der Waals surface area (Å²) < 4.78 is 1.12. The van der Waals surface area contributed by atoms with Gasteiger partial charge in [-0.1, -0.05) is 28.1 Å². The first kappa shape index (κ1) is 13.7. The van der Waals surface area contributed by atoms with Gasteiger partial charge in [0, 0.05) is 21.9 Å².